The Hall–Kier alpha value is -3.73. The van der Waals surface area contributed by atoms with Gasteiger partial charge in [-0.05, 0) is 24.3 Å². The van der Waals surface area contributed by atoms with Crippen molar-refractivity contribution < 1.29 is 28.1 Å². The van der Waals surface area contributed by atoms with Gasteiger partial charge in [-0.3, -0.25) is 9.59 Å². The van der Waals surface area contributed by atoms with Crippen LogP contribution in [0, 0.1) is 11.3 Å². The van der Waals surface area contributed by atoms with Crippen LogP contribution in [0.3, 0.4) is 0 Å². The molecule has 0 bridgehead atoms. The molecule has 0 aliphatic rings. The topological polar surface area (TPSA) is 154 Å². The summed E-state index contributed by atoms with van der Waals surface area (Å²) in [5.41, 5.74) is -4.90. The van der Waals surface area contributed by atoms with E-state index in [4.69, 9.17) is 21.6 Å². The maximum atomic E-state index is 13.4. The number of aliphatic hydroxyl groups is 2. The molecule has 0 radical (unpaired) electrons. The van der Waals surface area contributed by atoms with Gasteiger partial charge in [-0.1, -0.05) is 11.6 Å². The summed E-state index contributed by atoms with van der Waals surface area (Å²) in [6.07, 6.45) is -4.93. The molecule has 0 unspecified atom stereocenters. The number of hydrogen-bond donors (Lipinski definition) is 3. The second-order valence-electron chi connectivity index (χ2n) is 5.93. The van der Waals surface area contributed by atoms with E-state index in [1.165, 1.54) is 6.07 Å². The summed E-state index contributed by atoms with van der Waals surface area (Å²) in [5, 5.41) is 34.8. The maximum Gasteiger partial charge on any atom is 0.437 e. The highest BCUT2D eigenvalue weighted by Gasteiger charge is 2.41. The predicted octanol–water partition coefficient (Wildman–Crippen LogP) is 1.31. The van der Waals surface area contributed by atoms with Crippen molar-refractivity contribution in [3.8, 4) is 17.6 Å². The molecule has 3 rings (SSSR count). The minimum atomic E-state index is -5.16. The molecule has 10 nitrogen and oxygen atoms in total. The Bertz CT molecular complexity index is 1290. The molecule has 0 aliphatic heterocycles. The molecule has 14 heteroatoms. The minimum absolute atomic E-state index is 0.00791. The number of nitrogens with zero attached hydrogens (tertiary/aromatic N) is 4. The zero-order valence-electron chi connectivity index (χ0n) is 14.9. The van der Waals surface area contributed by atoms with Crippen LogP contribution in [0.5, 0.6) is 11.5 Å². The number of halogens is 4. The standard InChI is InChI=1S/C17H9ClF3N5O5/c18-9-3-8(6-22)4-10(5-9)31-13-14(16(19,20)21)23-7-26(15(13)28)17(29,30)11-1-2-12(27)25-24-11/h1-5,7,29-30H,(H,25,27). The number of nitriles is 1. The average Bonchev–Trinajstić information content (AvgIpc) is 2.68. The van der Waals surface area contributed by atoms with E-state index in [0.717, 1.165) is 24.3 Å². The largest absolute Gasteiger partial charge is 0.449 e. The minimum Gasteiger partial charge on any atom is -0.449 e. The van der Waals surface area contributed by atoms with Crippen molar-refractivity contribution in [2.45, 2.75) is 12.1 Å². The molecule has 0 aliphatic carbocycles. The van der Waals surface area contributed by atoms with Crippen LogP contribution in [-0.4, -0.2) is 30.0 Å². The number of H-pyrrole nitrogens is 1. The van der Waals surface area contributed by atoms with Gasteiger partial charge in [0.15, 0.2) is 5.69 Å². The number of nitrogens with one attached hydrogen (secondary N) is 1. The van der Waals surface area contributed by atoms with Crippen LogP contribution in [0.4, 0.5) is 13.2 Å². The zero-order chi connectivity index (χ0) is 23.0. The number of aromatic nitrogens is 4. The fraction of sp³-hybridized carbons (Fsp3) is 0.118. The van der Waals surface area contributed by atoms with E-state index in [9.17, 15) is 33.0 Å². The van der Waals surface area contributed by atoms with Gasteiger partial charge in [0, 0.05) is 11.1 Å². The lowest BCUT2D eigenvalue weighted by molar-refractivity contribution is -0.199. The van der Waals surface area contributed by atoms with Crippen molar-refractivity contribution in [1.29, 1.82) is 5.26 Å². The van der Waals surface area contributed by atoms with Gasteiger partial charge in [-0.2, -0.15) is 23.5 Å². The van der Waals surface area contributed by atoms with Crippen molar-refractivity contribution in [3.63, 3.8) is 0 Å². The summed E-state index contributed by atoms with van der Waals surface area (Å²) in [4.78, 5) is 26.9. The van der Waals surface area contributed by atoms with E-state index in [0.29, 0.717) is 0 Å². The molecule has 1 aromatic carbocycles. The SMILES string of the molecule is N#Cc1cc(Cl)cc(Oc2c(C(F)(F)F)ncn(C(O)(O)c3ccc(=O)[nH]n3)c2=O)c1. The summed E-state index contributed by atoms with van der Waals surface area (Å²) >= 11 is 5.79. The summed E-state index contributed by atoms with van der Waals surface area (Å²) in [6, 6.07) is 6.64. The lowest BCUT2D eigenvalue weighted by atomic mass is 10.2. The molecule has 0 fully saturated rings. The zero-order valence-corrected chi connectivity index (χ0v) is 15.6. The molecule has 2 aromatic heterocycles. The first-order valence-electron chi connectivity index (χ1n) is 8.02. The van der Waals surface area contributed by atoms with E-state index in [1.807, 2.05) is 5.10 Å². The van der Waals surface area contributed by atoms with Crippen LogP contribution in [-0.2, 0) is 12.1 Å². The highest BCUT2D eigenvalue weighted by atomic mass is 35.5. The molecule has 0 saturated carbocycles. The number of ether oxygens (including phenoxy) is 1. The van der Waals surface area contributed by atoms with Crippen molar-refractivity contribution in [2.24, 2.45) is 0 Å². The molecule has 160 valence electrons. The Morgan fingerprint density at radius 1 is 1.19 bits per heavy atom. The van der Waals surface area contributed by atoms with Gasteiger partial charge in [0.1, 0.15) is 17.8 Å². The van der Waals surface area contributed by atoms with Gasteiger partial charge in [0.25, 0.3) is 5.56 Å². The second kappa shape index (κ2) is 7.84. The van der Waals surface area contributed by atoms with Crippen LogP contribution in [0.2, 0.25) is 5.02 Å². The van der Waals surface area contributed by atoms with Crippen LogP contribution in [0.25, 0.3) is 0 Å². The smallest absolute Gasteiger partial charge is 0.437 e. The van der Waals surface area contributed by atoms with E-state index >= 15 is 0 Å². The fourth-order valence-electron chi connectivity index (χ4n) is 2.41. The van der Waals surface area contributed by atoms with Gasteiger partial charge in [0.2, 0.25) is 5.75 Å². The van der Waals surface area contributed by atoms with Crippen molar-refractivity contribution in [2.75, 3.05) is 0 Å². The van der Waals surface area contributed by atoms with Gasteiger partial charge in [-0.15, -0.1) is 0 Å². The summed E-state index contributed by atoms with van der Waals surface area (Å²) in [5.74, 6) is -5.13. The lowest BCUT2D eigenvalue weighted by Gasteiger charge is -2.24. The molecule has 0 amide bonds. The number of hydrogen-bond acceptors (Lipinski definition) is 8. The molecule has 0 spiro atoms. The first-order valence-corrected chi connectivity index (χ1v) is 8.40. The van der Waals surface area contributed by atoms with Crippen LogP contribution < -0.4 is 15.9 Å². The second-order valence-corrected chi connectivity index (χ2v) is 6.36. The Labute approximate surface area is 174 Å². The van der Waals surface area contributed by atoms with Gasteiger partial charge < -0.3 is 14.9 Å². The number of rotatable bonds is 4. The normalized spacial score (nSPS) is 11.8. The van der Waals surface area contributed by atoms with Crippen molar-refractivity contribution >= 4 is 11.6 Å². The highest BCUT2D eigenvalue weighted by molar-refractivity contribution is 6.30. The monoisotopic (exact) mass is 455 g/mol. The van der Waals surface area contributed by atoms with Crippen LogP contribution in [0.15, 0.2) is 46.2 Å². The third-order valence-corrected chi connectivity index (χ3v) is 4.00. The molecule has 3 N–H and O–H groups in total. The molecular formula is C17H9ClF3N5O5. The Kier molecular flexibility index (Phi) is 5.55. The highest BCUT2D eigenvalue weighted by Crippen LogP contribution is 2.35. The molecular weight excluding hydrogens is 447 g/mol. The molecule has 0 saturated heterocycles. The number of aromatic amines is 1. The summed E-state index contributed by atoms with van der Waals surface area (Å²) in [6.45, 7) is 0. The quantitative estimate of drug-likeness (QED) is 0.497. The summed E-state index contributed by atoms with van der Waals surface area (Å²) < 4.78 is 45.3. The van der Waals surface area contributed by atoms with Gasteiger partial charge in [-0.25, -0.2) is 14.6 Å². The predicted molar refractivity (Wildman–Crippen MR) is 96.1 cm³/mol. The van der Waals surface area contributed by atoms with E-state index in [-0.39, 0.29) is 21.5 Å². The Balaban J connectivity index is 2.21. The molecule has 0 atom stereocenters. The maximum absolute atomic E-state index is 13.4. The Morgan fingerprint density at radius 2 is 1.90 bits per heavy atom. The molecule has 3 aromatic rings. The first-order chi connectivity index (χ1) is 14.4. The number of benzene rings is 1. The third kappa shape index (κ3) is 4.40. The van der Waals surface area contributed by atoms with Gasteiger partial charge in [0.05, 0.1) is 11.6 Å². The van der Waals surface area contributed by atoms with Crippen LogP contribution in [0.1, 0.15) is 17.0 Å². The van der Waals surface area contributed by atoms with E-state index < -0.39 is 46.1 Å². The molecule has 2 heterocycles. The van der Waals surface area contributed by atoms with Crippen molar-refractivity contribution in [3.05, 3.63) is 79.3 Å². The van der Waals surface area contributed by atoms with Gasteiger partial charge >= 0.3 is 17.6 Å². The summed E-state index contributed by atoms with van der Waals surface area (Å²) in [7, 11) is 0. The Morgan fingerprint density at radius 3 is 2.48 bits per heavy atom. The lowest BCUT2D eigenvalue weighted by Crippen LogP contribution is -2.44. The average molecular weight is 456 g/mol. The van der Waals surface area contributed by atoms with Crippen LogP contribution >= 0.6 is 11.6 Å². The van der Waals surface area contributed by atoms with E-state index in [1.54, 1.807) is 6.07 Å². The molecule has 31 heavy (non-hydrogen) atoms. The third-order valence-electron chi connectivity index (χ3n) is 3.78. The van der Waals surface area contributed by atoms with Crippen molar-refractivity contribution in [1.82, 2.24) is 19.7 Å². The first kappa shape index (κ1) is 22.0. The van der Waals surface area contributed by atoms with E-state index in [2.05, 4.69) is 10.1 Å². The fourth-order valence-corrected chi connectivity index (χ4v) is 2.64. The number of alkyl halides is 3.